The summed E-state index contributed by atoms with van der Waals surface area (Å²) in [5.41, 5.74) is 5.34. The van der Waals surface area contributed by atoms with E-state index in [2.05, 4.69) is 16.6 Å². The highest BCUT2D eigenvalue weighted by Gasteiger charge is 2.20. The summed E-state index contributed by atoms with van der Waals surface area (Å²) in [6.45, 7) is 5.69. The van der Waals surface area contributed by atoms with Gasteiger partial charge in [-0.25, -0.2) is 17.5 Å². The van der Waals surface area contributed by atoms with Crippen molar-refractivity contribution in [1.29, 1.82) is 0 Å². The van der Waals surface area contributed by atoms with Crippen molar-refractivity contribution in [2.24, 2.45) is 11.7 Å². The van der Waals surface area contributed by atoms with Gasteiger partial charge in [0, 0.05) is 6.04 Å². The SMILES string of the molecule is CC(C)C(C)NS(=O)(=O)c1ccc(C#CCN)c(F)c1. The zero-order valence-corrected chi connectivity index (χ0v) is 12.6. The van der Waals surface area contributed by atoms with Gasteiger partial charge in [-0.2, -0.15) is 0 Å². The van der Waals surface area contributed by atoms with Crippen LogP contribution < -0.4 is 10.5 Å². The van der Waals surface area contributed by atoms with E-state index in [-0.39, 0.29) is 29.0 Å². The van der Waals surface area contributed by atoms with Crippen molar-refractivity contribution in [3.8, 4) is 11.8 Å². The lowest BCUT2D eigenvalue weighted by atomic mass is 10.1. The summed E-state index contributed by atoms with van der Waals surface area (Å²) in [5.74, 6) is 4.54. The average Bonchev–Trinajstić information content (AvgIpc) is 2.36. The Hall–Kier alpha value is -1.42. The van der Waals surface area contributed by atoms with Gasteiger partial charge in [0.15, 0.2) is 0 Å². The van der Waals surface area contributed by atoms with E-state index >= 15 is 0 Å². The fourth-order valence-corrected chi connectivity index (χ4v) is 2.76. The smallest absolute Gasteiger partial charge is 0.240 e. The maximum atomic E-state index is 13.8. The highest BCUT2D eigenvalue weighted by atomic mass is 32.2. The first-order chi connectivity index (χ1) is 9.27. The molecule has 1 aromatic carbocycles. The number of halogens is 1. The van der Waals surface area contributed by atoms with E-state index in [1.807, 2.05) is 13.8 Å². The lowest BCUT2D eigenvalue weighted by molar-refractivity contribution is 0.476. The quantitative estimate of drug-likeness (QED) is 0.827. The number of sulfonamides is 1. The molecule has 0 saturated carbocycles. The van der Waals surface area contributed by atoms with Crippen molar-refractivity contribution in [1.82, 2.24) is 4.72 Å². The summed E-state index contributed by atoms with van der Waals surface area (Å²) in [6, 6.07) is 3.40. The van der Waals surface area contributed by atoms with Crippen LogP contribution in [-0.2, 0) is 10.0 Å². The van der Waals surface area contributed by atoms with E-state index in [0.29, 0.717) is 0 Å². The molecule has 1 rings (SSSR count). The van der Waals surface area contributed by atoms with Gasteiger partial charge in [-0.15, -0.1) is 0 Å². The Labute approximate surface area is 119 Å². The number of hydrogen-bond donors (Lipinski definition) is 2. The van der Waals surface area contributed by atoms with Gasteiger partial charge < -0.3 is 5.73 Å². The summed E-state index contributed by atoms with van der Waals surface area (Å²) in [5, 5.41) is 0. The van der Waals surface area contributed by atoms with Gasteiger partial charge in [-0.05, 0) is 31.0 Å². The molecule has 0 spiro atoms. The monoisotopic (exact) mass is 298 g/mol. The molecule has 0 fully saturated rings. The average molecular weight is 298 g/mol. The number of rotatable bonds is 4. The Bertz CT molecular complexity index is 630. The molecule has 1 atom stereocenters. The van der Waals surface area contributed by atoms with Crippen molar-refractivity contribution in [3.63, 3.8) is 0 Å². The Kier molecular flexibility index (Phi) is 5.69. The summed E-state index contributed by atoms with van der Waals surface area (Å²) in [7, 11) is -3.73. The van der Waals surface area contributed by atoms with Gasteiger partial charge in [-0.3, -0.25) is 0 Å². The molecule has 4 nitrogen and oxygen atoms in total. The minimum absolute atomic E-state index is 0.110. The van der Waals surface area contributed by atoms with Crippen LogP contribution in [-0.4, -0.2) is 21.0 Å². The first-order valence-corrected chi connectivity index (χ1v) is 7.77. The Morgan fingerprint density at radius 1 is 1.35 bits per heavy atom. The summed E-state index contributed by atoms with van der Waals surface area (Å²) in [4.78, 5) is -0.110. The molecule has 0 aliphatic carbocycles. The van der Waals surface area contributed by atoms with Gasteiger partial charge in [0.25, 0.3) is 0 Å². The molecule has 0 aromatic heterocycles. The number of hydrogen-bond acceptors (Lipinski definition) is 3. The van der Waals surface area contributed by atoms with E-state index < -0.39 is 15.8 Å². The third kappa shape index (κ3) is 4.30. The van der Waals surface area contributed by atoms with Crippen molar-refractivity contribution in [2.75, 3.05) is 6.54 Å². The molecular weight excluding hydrogens is 279 g/mol. The van der Waals surface area contributed by atoms with Crippen molar-refractivity contribution in [3.05, 3.63) is 29.6 Å². The summed E-state index contributed by atoms with van der Waals surface area (Å²) >= 11 is 0. The number of benzene rings is 1. The molecule has 20 heavy (non-hydrogen) atoms. The molecule has 1 aromatic rings. The highest BCUT2D eigenvalue weighted by molar-refractivity contribution is 7.89. The zero-order valence-electron chi connectivity index (χ0n) is 11.8. The predicted molar refractivity (Wildman–Crippen MR) is 77.0 cm³/mol. The van der Waals surface area contributed by atoms with Gasteiger partial charge >= 0.3 is 0 Å². The zero-order chi connectivity index (χ0) is 15.3. The van der Waals surface area contributed by atoms with Crippen molar-refractivity contribution < 1.29 is 12.8 Å². The standard InChI is InChI=1S/C14H19FN2O2S/c1-10(2)11(3)17-20(18,19)13-7-6-12(5-4-8-16)14(15)9-13/h6-7,9-11,17H,8,16H2,1-3H3. The Morgan fingerprint density at radius 2 is 2.00 bits per heavy atom. The van der Waals surface area contributed by atoms with Crippen LogP contribution in [0.25, 0.3) is 0 Å². The summed E-state index contributed by atoms with van der Waals surface area (Å²) in [6.07, 6.45) is 0. The van der Waals surface area contributed by atoms with E-state index in [4.69, 9.17) is 5.73 Å². The van der Waals surface area contributed by atoms with Crippen LogP contribution in [0.15, 0.2) is 23.1 Å². The van der Waals surface area contributed by atoms with Crippen LogP contribution in [0.3, 0.4) is 0 Å². The Balaban J connectivity index is 3.06. The molecule has 0 aliphatic rings. The minimum atomic E-state index is -3.73. The van der Waals surface area contributed by atoms with E-state index in [1.165, 1.54) is 12.1 Å². The largest absolute Gasteiger partial charge is 0.320 e. The maximum Gasteiger partial charge on any atom is 0.240 e. The molecule has 110 valence electrons. The highest BCUT2D eigenvalue weighted by Crippen LogP contribution is 2.15. The van der Waals surface area contributed by atoms with Gasteiger partial charge in [0.05, 0.1) is 17.0 Å². The van der Waals surface area contributed by atoms with E-state index in [0.717, 1.165) is 6.07 Å². The van der Waals surface area contributed by atoms with Crippen LogP contribution in [0.4, 0.5) is 4.39 Å². The predicted octanol–water partition coefficient (Wildman–Crippen LogP) is 1.46. The first kappa shape index (κ1) is 16.6. The third-order valence-electron chi connectivity index (χ3n) is 2.92. The van der Waals surface area contributed by atoms with Gasteiger partial charge in [0.2, 0.25) is 10.0 Å². The lowest BCUT2D eigenvalue weighted by Crippen LogP contribution is -2.36. The molecule has 1 unspecified atom stereocenters. The van der Waals surface area contributed by atoms with Crippen LogP contribution in [0.2, 0.25) is 0 Å². The fourth-order valence-electron chi connectivity index (χ4n) is 1.36. The topological polar surface area (TPSA) is 72.2 Å². The second-order valence-electron chi connectivity index (χ2n) is 4.80. The molecule has 0 aliphatic heterocycles. The molecule has 0 radical (unpaired) electrons. The van der Waals surface area contributed by atoms with E-state index in [9.17, 15) is 12.8 Å². The molecule has 0 saturated heterocycles. The van der Waals surface area contributed by atoms with E-state index in [1.54, 1.807) is 6.92 Å². The van der Waals surface area contributed by atoms with Gasteiger partial charge in [-0.1, -0.05) is 25.7 Å². The van der Waals surface area contributed by atoms with Crippen LogP contribution >= 0.6 is 0 Å². The first-order valence-electron chi connectivity index (χ1n) is 6.28. The second-order valence-corrected chi connectivity index (χ2v) is 6.52. The van der Waals surface area contributed by atoms with Crippen molar-refractivity contribution in [2.45, 2.75) is 31.7 Å². The molecule has 0 heterocycles. The van der Waals surface area contributed by atoms with Crippen LogP contribution in [0.1, 0.15) is 26.3 Å². The lowest BCUT2D eigenvalue weighted by Gasteiger charge is -2.17. The fraction of sp³-hybridized carbons (Fsp3) is 0.429. The maximum absolute atomic E-state index is 13.8. The second kappa shape index (κ2) is 6.84. The normalized spacial score (nSPS) is 12.9. The van der Waals surface area contributed by atoms with Crippen LogP contribution in [0.5, 0.6) is 0 Å². The number of nitrogens with one attached hydrogen (secondary N) is 1. The molecule has 6 heteroatoms. The third-order valence-corrected chi connectivity index (χ3v) is 4.47. The molecular formula is C14H19FN2O2S. The number of nitrogens with two attached hydrogens (primary N) is 1. The Morgan fingerprint density at radius 3 is 2.50 bits per heavy atom. The van der Waals surface area contributed by atoms with Crippen molar-refractivity contribution >= 4 is 10.0 Å². The minimum Gasteiger partial charge on any atom is -0.320 e. The summed E-state index contributed by atoms with van der Waals surface area (Å²) < 4.78 is 40.5. The molecule has 0 bridgehead atoms. The molecule has 0 amide bonds. The van der Waals surface area contributed by atoms with Gasteiger partial charge in [0.1, 0.15) is 5.82 Å². The molecule has 3 N–H and O–H groups in total. The van der Waals surface area contributed by atoms with Crippen LogP contribution in [0, 0.1) is 23.6 Å².